The molecule has 5 nitrogen and oxygen atoms in total. The third kappa shape index (κ3) is 3.65. The van der Waals surface area contributed by atoms with E-state index in [0.29, 0.717) is 18.0 Å². The van der Waals surface area contributed by atoms with Crippen LogP contribution in [0.2, 0.25) is 0 Å². The molecule has 0 fully saturated rings. The molecule has 1 aromatic heterocycles. The zero-order valence-corrected chi connectivity index (χ0v) is 17.4. The maximum absolute atomic E-state index is 12.9. The third-order valence-corrected chi connectivity index (χ3v) is 5.92. The van der Waals surface area contributed by atoms with Gasteiger partial charge in [-0.1, -0.05) is 49.4 Å². The van der Waals surface area contributed by atoms with E-state index in [9.17, 15) is 4.79 Å². The number of hydrogen-bond donors (Lipinski definition) is 1. The molecule has 3 aromatic rings. The lowest BCUT2D eigenvalue weighted by Crippen LogP contribution is -2.24. The van der Waals surface area contributed by atoms with E-state index < -0.39 is 0 Å². The fraction of sp³-hybridized carbons (Fsp3) is 0.333. The SMILES string of the molecule is Cc1nn(Cc2ccccc2)c(C)c1CNC(=O)c1cccc2c1OC(C)C2C. The topological polar surface area (TPSA) is 56.2 Å². The smallest absolute Gasteiger partial charge is 0.255 e. The largest absolute Gasteiger partial charge is 0.489 e. The molecule has 0 saturated carbocycles. The van der Waals surface area contributed by atoms with Crippen molar-refractivity contribution in [3.05, 3.63) is 82.2 Å². The molecule has 0 radical (unpaired) electrons. The van der Waals surface area contributed by atoms with E-state index in [2.05, 4.69) is 36.4 Å². The van der Waals surface area contributed by atoms with Gasteiger partial charge in [0, 0.05) is 29.3 Å². The Labute approximate surface area is 171 Å². The number of ether oxygens (including phenoxy) is 1. The average molecular weight is 389 g/mol. The highest BCUT2D eigenvalue weighted by Gasteiger charge is 2.31. The summed E-state index contributed by atoms with van der Waals surface area (Å²) in [6.45, 7) is 9.38. The van der Waals surface area contributed by atoms with Crippen LogP contribution in [0.25, 0.3) is 0 Å². The Morgan fingerprint density at radius 1 is 1.10 bits per heavy atom. The molecule has 4 rings (SSSR count). The van der Waals surface area contributed by atoms with Crippen LogP contribution in [0.4, 0.5) is 0 Å². The first kappa shape index (κ1) is 19.2. The highest BCUT2D eigenvalue weighted by atomic mass is 16.5. The Bertz CT molecular complexity index is 1040. The standard InChI is InChI=1S/C24H27N3O2/c1-15-18(4)29-23-20(15)11-8-12-21(23)24(28)25-13-22-16(2)26-27(17(22)3)14-19-9-6-5-7-10-19/h5-12,15,18H,13-14H2,1-4H3,(H,25,28). The number of aromatic nitrogens is 2. The number of para-hydroxylation sites is 1. The van der Waals surface area contributed by atoms with Gasteiger partial charge in [0.05, 0.1) is 17.8 Å². The first-order valence-electron chi connectivity index (χ1n) is 10.1. The molecular weight excluding hydrogens is 362 g/mol. The number of hydrogen-bond acceptors (Lipinski definition) is 3. The van der Waals surface area contributed by atoms with Crippen molar-refractivity contribution in [2.24, 2.45) is 0 Å². The number of carbonyl (C=O) groups excluding carboxylic acids is 1. The molecule has 2 heterocycles. The third-order valence-electron chi connectivity index (χ3n) is 5.92. The molecule has 150 valence electrons. The molecule has 2 aromatic carbocycles. The zero-order chi connectivity index (χ0) is 20.5. The lowest BCUT2D eigenvalue weighted by molar-refractivity contribution is 0.0946. The second-order valence-corrected chi connectivity index (χ2v) is 7.81. The maximum Gasteiger partial charge on any atom is 0.255 e. The molecule has 1 aliphatic rings. The van der Waals surface area contributed by atoms with Crippen LogP contribution in [0.15, 0.2) is 48.5 Å². The minimum atomic E-state index is -0.113. The first-order chi connectivity index (χ1) is 14.0. The molecule has 0 bridgehead atoms. The Kier molecular flexibility index (Phi) is 5.14. The van der Waals surface area contributed by atoms with Crippen LogP contribution in [0.3, 0.4) is 0 Å². The molecule has 5 heteroatoms. The number of fused-ring (bicyclic) bond motifs is 1. The number of nitrogens with one attached hydrogen (secondary N) is 1. The van der Waals surface area contributed by atoms with Crippen molar-refractivity contribution in [3.8, 4) is 5.75 Å². The van der Waals surface area contributed by atoms with E-state index >= 15 is 0 Å². The minimum Gasteiger partial charge on any atom is -0.489 e. The van der Waals surface area contributed by atoms with Gasteiger partial charge in [0.25, 0.3) is 5.91 Å². The highest BCUT2D eigenvalue weighted by Crippen LogP contribution is 2.40. The average Bonchev–Trinajstić information content (AvgIpc) is 3.16. The predicted octanol–water partition coefficient (Wildman–Crippen LogP) is 4.36. The number of aryl methyl sites for hydroxylation is 1. The fourth-order valence-corrected chi connectivity index (χ4v) is 3.93. The summed E-state index contributed by atoms with van der Waals surface area (Å²) in [5.74, 6) is 0.898. The van der Waals surface area contributed by atoms with Crippen molar-refractivity contribution >= 4 is 5.91 Å². The van der Waals surface area contributed by atoms with E-state index in [1.165, 1.54) is 5.56 Å². The van der Waals surface area contributed by atoms with Gasteiger partial charge in [0.15, 0.2) is 0 Å². The summed E-state index contributed by atoms with van der Waals surface area (Å²) < 4.78 is 7.96. The number of amides is 1. The summed E-state index contributed by atoms with van der Waals surface area (Å²) >= 11 is 0. The molecule has 2 unspecified atom stereocenters. The molecule has 1 amide bonds. The summed E-state index contributed by atoms with van der Waals surface area (Å²) in [5, 5.41) is 7.74. The highest BCUT2D eigenvalue weighted by molar-refractivity contribution is 5.97. The van der Waals surface area contributed by atoms with Gasteiger partial charge >= 0.3 is 0 Å². The van der Waals surface area contributed by atoms with Crippen molar-refractivity contribution in [3.63, 3.8) is 0 Å². The van der Waals surface area contributed by atoms with Crippen molar-refractivity contribution < 1.29 is 9.53 Å². The van der Waals surface area contributed by atoms with Crippen LogP contribution in [-0.4, -0.2) is 21.8 Å². The van der Waals surface area contributed by atoms with Crippen LogP contribution in [0, 0.1) is 13.8 Å². The number of nitrogens with zero attached hydrogens (tertiary/aromatic N) is 2. The number of benzene rings is 2. The summed E-state index contributed by atoms with van der Waals surface area (Å²) in [6.07, 6.45) is 0.0830. The lowest BCUT2D eigenvalue weighted by Gasteiger charge is -2.11. The second-order valence-electron chi connectivity index (χ2n) is 7.81. The van der Waals surface area contributed by atoms with E-state index in [0.717, 1.165) is 34.8 Å². The molecule has 0 saturated heterocycles. The molecule has 1 N–H and O–H groups in total. The van der Waals surface area contributed by atoms with Crippen molar-refractivity contribution in [2.45, 2.75) is 52.8 Å². The van der Waals surface area contributed by atoms with E-state index in [1.54, 1.807) is 0 Å². The molecule has 29 heavy (non-hydrogen) atoms. The maximum atomic E-state index is 12.9. The summed E-state index contributed by atoms with van der Waals surface area (Å²) in [5.41, 5.74) is 5.98. The number of rotatable bonds is 5. The van der Waals surface area contributed by atoms with Crippen molar-refractivity contribution in [1.29, 1.82) is 0 Å². The van der Waals surface area contributed by atoms with Crippen LogP contribution < -0.4 is 10.1 Å². The van der Waals surface area contributed by atoms with Crippen LogP contribution in [-0.2, 0) is 13.1 Å². The molecule has 0 spiro atoms. The number of carbonyl (C=O) groups is 1. The summed E-state index contributed by atoms with van der Waals surface area (Å²) in [4.78, 5) is 12.9. The van der Waals surface area contributed by atoms with E-state index in [1.807, 2.05) is 54.9 Å². The van der Waals surface area contributed by atoms with Crippen LogP contribution in [0.1, 0.15) is 58.2 Å². The predicted molar refractivity (Wildman–Crippen MR) is 113 cm³/mol. The molecular formula is C24H27N3O2. The van der Waals surface area contributed by atoms with Crippen LogP contribution >= 0.6 is 0 Å². The quantitative estimate of drug-likeness (QED) is 0.705. The fourth-order valence-electron chi connectivity index (χ4n) is 3.93. The van der Waals surface area contributed by atoms with Crippen molar-refractivity contribution in [1.82, 2.24) is 15.1 Å². The molecule has 0 aliphatic carbocycles. The summed E-state index contributed by atoms with van der Waals surface area (Å²) in [7, 11) is 0. The lowest BCUT2D eigenvalue weighted by atomic mass is 9.97. The summed E-state index contributed by atoms with van der Waals surface area (Å²) in [6, 6.07) is 16.1. The van der Waals surface area contributed by atoms with Gasteiger partial charge in [-0.05, 0) is 32.4 Å². The van der Waals surface area contributed by atoms with Gasteiger partial charge in [-0.15, -0.1) is 0 Å². The monoisotopic (exact) mass is 389 g/mol. The van der Waals surface area contributed by atoms with Crippen LogP contribution in [0.5, 0.6) is 5.75 Å². The zero-order valence-electron chi connectivity index (χ0n) is 17.4. The van der Waals surface area contributed by atoms with E-state index in [-0.39, 0.29) is 12.0 Å². The minimum absolute atomic E-state index is 0.0830. The Morgan fingerprint density at radius 2 is 1.86 bits per heavy atom. The molecule has 1 aliphatic heterocycles. The van der Waals surface area contributed by atoms with Gasteiger partial charge in [-0.3, -0.25) is 9.48 Å². The normalized spacial score (nSPS) is 17.7. The molecule has 2 atom stereocenters. The van der Waals surface area contributed by atoms with Gasteiger partial charge in [-0.2, -0.15) is 5.10 Å². The first-order valence-corrected chi connectivity index (χ1v) is 10.1. The van der Waals surface area contributed by atoms with Gasteiger partial charge in [0.1, 0.15) is 11.9 Å². The second kappa shape index (κ2) is 7.74. The van der Waals surface area contributed by atoms with Gasteiger partial charge < -0.3 is 10.1 Å². The Morgan fingerprint density at radius 3 is 2.62 bits per heavy atom. The van der Waals surface area contributed by atoms with Gasteiger partial charge in [-0.25, -0.2) is 0 Å². The van der Waals surface area contributed by atoms with Gasteiger partial charge in [0.2, 0.25) is 0 Å². The Balaban J connectivity index is 1.50. The van der Waals surface area contributed by atoms with E-state index in [4.69, 9.17) is 4.74 Å². The Hall–Kier alpha value is -3.08. The van der Waals surface area contributed by atoms with Crippen molar-refractivity contribution in [2.75, 3.05) is 0 Å².